The summed E-state index contributed by atoms with van der Waals surface area (Å²) in [6.07, 6.45) is 9.18. The molecule has 2 rings (SSSR count). The third-order valence-electron chi connectivity index (χ3n) is 4.60. The van der Waals surface area contributed by atoms with Crippen molar-refractivity contribution in [2.75, 3.05) is 6.61 Å². The van der Waals surface area contributed by atoms with E-state index in [-0.39, 0.29) is 5.60 Å². The van der Waals surface area contributed by atoms with E-state index in [4.69, 9.17) is 4.74 Å². The fourth-order valence-corrected chi connectivity index (χ4v) is 3.34. The van der Waals surface area contributed by atoms with Crippen LogP contribution in [0.5, 0.6) is 0 Å². The lowest BCUT2D eigenvalue weighted by molar-refractivity contribution is -0.0494. The fraction of sp³-hybridized carbons (Fsp3) is 1.00. The molecule has 2 atom stereocenters. The maximum Gasteiger partial charge on any atom is 0.0687 e. The molecule has 1 N–H and O–H groups in total. The lowest BCUT2D eigenvalue weighted by Crippen LogP contribution is -2.27. The number of hydrogen-bond donors (Lipinski definition) is 1. The molecule has 0 bridgehead atoms. The van der Waals surface area contributed by atoms with Gasteiger partial charge in [0.1, 0.15) is 0 Å². The molecule has 1 heterocycles. The van der Waals surface area contributed by atoms with Crippen LogP contribution >= 0.6 is 0 Å². The maximum atomic E-state index is 9.36. The SMILES string of the molecule is CC(C)C(CO)CC1CCC2(CCCC2)O1. The van der Waals surface area contributed by atoms with Crippen molar-refractivity contribution in [3.05, 3.63) is 0 Å². The molecule has 1 spiro atoms. The maximum absolute atomic E-state index is 9.36. The van der Waals surface area contributed by atoms with Crippen LogP contribution < -0.4 is 0 Å². The minimum Gasteiger partial charge on any atom is -0.396 e. The molecular formula is C14H26O2. The summed E-state index contributed by atoms with van der Waals surface area (Å²) in [5.41, 5.74) is 0.252. The summed E-state index contributed by atoms with van der Waals surface area (Å²) in [5.74, 6) is 0.982. The van der Waals surface area contributed by atoms with Gasteiger partial charge in [0.15, 0.2) is 0 Å². The third kappa shape index (κ3) is 2.60. The Morgan fingerprint density at radius 3 is 2.50 bits per heavy atom. The molecule has 1 saturated carbocycles. The Kier molecular flexibility index (Phi) is 3.91. The minimum absolute atomic E-state index is 0.252. The summed E-state index contributed by atoms with van der Waals surface area (Å²) in [6.45, 7) is 4.70. The number of aliphatic hydroxyl groups is 1. The van der Waals surface area contributed by atoms with Gasteiger partial charge in [-0.1, -0.05) is 26.7 Å². The molecule has 16 heavy (non-hydrogen) atoms. The Morgan fingerprint density at radius 1 is 1.25 bits per heavy atom. The van der Waals surface area contributed by atoms with E-state index in [0.717, 1.165) is 6.42 Å². The smallest absolute Gasteiger partial charge is 0.0687 e. The van der Waals surface area contributed by atoms with Crippen molar-refractivity contribution in [3.63, 3.8) is 0 Å². The van der Waals surface area contributed by atoms with E-state index >= 15 is 0 Å². The van der Waals surface area contributed by atoms with Crippen LogP contribution in [0.1, 0.15) is 58.8 Å². The Hall–Kier alpha value is -0.0800. The summed E-state index contributed by atoms with van der Waals surface area (Å²) in [7, 11) is 0. The van der Waals surface area contributed by atoms with E-state index in [1.54, 1.807) is 0 Å². The van der Waals surface area contributed by atoms with Crippen LogP contribution in [0.3, 0.4) is 0 Å². The lowest BCUT2D eigenvalue weighted by Gasteiger charge is -2.26. The van der Waals surface area contributed by atoms with Crippen molar-refractivity contribution in [2.45, 2.75) is 70.5 Å². The minimum atomic E-state index is 0.252. The molecule has 2 fully saturated rings. The van der Waals surface area contributed by atoms with E-state index in [1.807, 2.05) is 0 Å². The van der Waals surface area contributed by atoms with Crippen LogP contribution in [0.25, 0.3) is 0 Å². The van der Waals surface area contributed by atoms with Crippen LogP contribution in [0.2, 0.25) is 0 Å². The van der Waals surface area contributed by atoms with E-state index < -0.39 is 0 Å². The van der Waals surface area contributed by atoms with Crippen LogP contribution in [0, 0.1) is 11.8 Å². The van der Waals surface area contributed by atoms with Crippen molar-refractivity contribution in [1.29, 1.82) is 0 Å². The van der Waals surface area contributed by atoms with Crippen LogP contribution in [-0.2, 0) is 4.74 Å². The van der Waals surface area contributed by atoms with Gasteiger partial charge in [0, 0.05) is 6.61 Å². The van der Waals surface area contributed by atoms with E-state index in [9.17, 15) is 5.11 Å². The second kappa shape index (κ2) is 5.05. The topological polar surface area (TPSA) is 29.5 Å². The second-order valence-corrected chi connectivity index (χ2v) is 6.09. The van der Waals surface area contributed by atoms with E-state index in [1.165, 1.54) is 38.5 Å². The number of ether oxygens (including phenoxy) is 1. The molecule has 1 aliphatic carbocycles. The highest BCUT2D eigenvalue weighted by molar-refractivity contribution is 4.93. The number of aliphatic hydroxyl groups excluding tert-OH is 1. The molecule has 1 saturated heterocycles. The normalized spacial score (nSPS) is 30.4. The first-order chi connectivity index (χ1) is 7.65. The van der Waals surface area contributed by atoms with Gasteiger partial charge in [0.2, 0.25) is 0 Å². The number of rotatable bonds is 4. The quantitative estimate of drug-likeness (QED) is 0.798. The molecule has 2 nitrogen and oxygen atoms in total. The van der Waals surface area contributed by atoms with Gasteiger partial charge in [-0.05, 0) is 43.9 Å². The van der Waals surface area contributed by atoms with E-state index in [0.29, 0.717) is 24.5 Å². The molecule has 94 valence electrons. The van der Waals surface area contributed by atoms with Crippen molar-refractivity contribution < 1.29 is 9.84 Å². The standard InChI is InChI=1S/C14H26O2/c1-11(2)12(10-15)9-13-5-8-14(16-13)6-3-4-7-14/h11-13,15H,3-10H2,1-2H3. The molecule has 2 aliphatic rings. The first kappa shape index (κ1) is 12.4. The van der Waals surface area contributed by atoms with Gasteiger partial charge in [-0.3, -0.25) is 0 Å². The second-order valence-electron chi connectivity index (χ2n) is 6.09. The molecule has 0 radical (unpaired) electrons. The molecule has 1 aliphatic heterocycles. The van der Waals surface area contributed by atoms with E-state index in [2.05, 4.69) is 13.8 Å². The Balaban J connectivity index is 1.84. The molecular weight excluding hydrogens is 200 g/mol. The van der Waals surface area contributed by atoms with Gasteiger partial charge >= 0.3 is 0 Å². The van der Waals surface area contributed by atoms with Gasteiger partial charge in [-0.2, -0.15) is 0 Å². The average molecular weight is 226 g/mol. The zero-order valence-corrected chi connectivity index (χ0v) is 10.7. The molecule has 0 aromatic heterocycles. The van der Waals surface area contributed by atoms with Crippen LogP contribution in [0.4, 0.5) is 0 Å². The lowest BCUT2D eigenvalue weighted by atomic mass is 9.90. The van der Waals surface area contributed by atoms with Crippen molar-refractivity contribution in [2.24, 2.45) is 11.8 Å². The van der Waals surface area contributed by atoms with Gasteiger partial charge in [0.05, 0.1) is 11.7 Å². The van der Waals surface area contributed by atoms with Gasteiger partial charge in [0.25, 0.3) is 0 Å². The average Bonchev–Trinajstić information content (AvgIpc) is 2.86. The highest BCUT2D eigenvalue weighted by Crippen LogP contribution is 2.44. The Morgan fingerprint density at radius 2 is 1.94 bits per heavy atom. The summed E-state index contributed by atoms with van der Waals surface area (Å²) in [6, 6.07) is 0. The van der Waals surface area contributed by atoms with Crippen LogP contribution in [-0.4, -0.2) is 23.4 Å². The van der Waals surface area contributed by atoms with Crippen LogP contribution in [0.15, 0.2) is 0 Å². The molecule has 0 amide bonds. The van der Waals surface area contributed by atoms with Crippen molar-refractivity contribution in [3.8, 4) is 0 Å². The monoisotopic (exact) mass is 226 g/mol. The largest absolute Gasteiger partial charge is 0.396 e. The summed E-state index contributed by atoms with van der Waals surface area (Å²) in [5, 5.41) is 9.36. The predicted molar refractivity (Wildman–Crippen MR) is 65.3 cm³/mol. The number of hydrogen-bond acceptors (Lipinski definition) is 2. The van der Waals surface area contributed by atoms with Gasteiger partial charge < -0.3 is 9.84 Å². The zero-order chi connectivity index (χ0) is 11.6. The summed E-state index contributed by atoms with van der Waals surface area (Å²) in [4.78, 5) is 0. The molecule has 2 heteroatoms. The van der Waals surface area contributed by atoms with Gasteiger partial charge in [-0.15, -0.1) is 0 Å². The predicted octanol–water partition coefficient (Wildman–Crippen LogP) is 3.13. The Labute approximate surface area is 99.4 Å². The van der Waals surface area contributed by atoms with Crippen molar-refractivity contribution >= 4 is 0 Å². The van der Waals surface area contributed by atoms with Gasteiger partial charge in [-0.25, -0.2) is 0 Å². The molecule has 0 aromatic carbocycles. The molecule has 2 unspecified atom stereocenters. The first-order valence-corrected chi connectivity index (χ1v) is 6.94. The fourth-order valence-electron chi connectivity index (χ4n) is 3.34. The van der Waals surface area contributed by atoms with Crippen molar-refractivity contribution in [1.82, 2.24) is 0 Å². The summed E-state index contributed by atoms with van der Waals surface area (Å²) >= 11 is 0. The summed E-state index contributed by atoms with van der Waals surface area (Å²) < 4.78 is 6.28. The highest BCUT2D eigenvalue weighted by atomic mass is 16.5. The Bertz CT molecular complexity index is 219. The highest BCUT2D eigenvalue weighted by Gasteiger charge is 2.42. The third-order valence-corrected chi connectivity index (χ3v) is 4.60. The zero-order valence-electron chi connectivity index (χ0n) is 10.7. The molecule has 0 aromatic rings. The first-order valence-electron chi connectivity index (χ1n) is 6.94.